The molecule has 0 radical (unpaired) electrons. The Morgan fingerprint density at radius 3 is 2.87 bits per heavy atom. The highest BCUT2D eigenvalue weighted by atomic mass is 15.3. The molecule has 0 amide bonds. The van der Waals surface area contributed by atoms with Gasteiger partial charge in [-0.3, -0.25) is 0 Å². The number of fused-ring (bicyclic) bond motifs is 1. The molecule has 3 heteroatoms. The van der Waals surface area contributed by atoms with Crippen LogP contribution in [0.15, 0.2) is 18.2 Å². The van der Waals surface area contributed by atoms with Crippen molar-refractivity contribution in [1.29, 1.82) is 0 Å². The molecule has 1 aliphatic rings. The number of hydrogen-bond donors (Lipinski definition) is 2. The van der Waals surface area contributed by atoms with Crippen molar-refractivity contribution in [1.82, 2.24) is 0 Å². The zero-order chi connectivity index (χ0) is 11.1. The standard InChI is InChI=1S/C12H19N3/c1-9-4-5-11-10(6-9)14-8-15(11)7-12(2,3)13/h4-6,14H,7-8,13H2,1-3H3. The molecule has 2 rings (SSSR count). The summed E-state index contributed by atoms with van der Waals surface area (Å²) in [6, 6.07) is 6.48. The third-order valence-electron chi connectivity index (χ3n) is 2.55. The normalized spacial score (nSPS) is 15.1. The van der Waals surface area contributed by atoms with E-state index >= 15 is 0 Å². The predicted molar refractivity (Wildman–Crippen MR) is 65.3 cm³/mol. The highest BCUT2D eigenvalue weighted by Gasteiger charge is 2.23. The van der Waals surface area contributed by atoms with Crippen molar-refractivity contribution in [3.8, 4) is 0 Å². The van der Waals surface area contributed by atoms with E-state index in [1.54, 1.807) is 0 Å². The molecule has 0 aliphatic carbocycles. The summed E-state index contributed by atoms with van der Waals surface area (Å²) in [5.41, 5.74) is 9.65. The fourth-order valence-electron chi connectivity index (χ4n) is 1.97. The summed E-state index contributed by atoms with van der Waals surface area (Å²) in [6.45, 7) is 7.95. The lowest BCUT2D eigenvalue weighted by molar-refractivity contribution is 0.514. The van der Waals surface area contributed by atoms with Crippen molar-refractivity contribution >= 4 is 11.4 Å². The van der Waals surface area contributed by atoms with Gasteiger partial charge in [0.05, 0.1) is 18.0 Å². The molecule has 3 N–H and O–H groups in total. The number of anilines is 2. The summed E-state index contributed by atoms with van der Waals surface area (Å²) in [5, 5.41) is 3.38. The van der Waals surface area contributed by atoms with Gasteiger partial charge in [0.2, 0.25) is 0 Å². The lowest BCUT2D eigenvalue weighted by Crippen LogP contribution is -2.45. The Hall–Kier alpha value is -1.22. The van der Waals surface area contributed by atoms with Gasteiger partial charge in [0.15, 0.2) is 0 Å². The third kappa shape index (κ3) is 2.23. The molecule has 0 fully saturated rings. The quantitative estimate of drug-likeness (QED) is 0.775. The lowest BCUT2D eigenvalue weighted by Gasteiger charge is -2.27. The van der Waals surface area contributed by atoms with E-state index in [1.807, 2.05) is 0 Å². The Morgan fingerprint density at radius 2 is 2.20 bits per heavy atom. The number of benzene rings is 1. The minimum Gasteiger partial charge on any atom is -0.366 e. The maximum Gasteiger partial charge on any atom is 0.0878 e. The first kappa shape index (κ1) is 10.3. The fourth-order valence-corrected chi connectivity index (χ4v) is 1.97. The lowest BCUT2D eigenvalue weighted by atomic mass is 10.1. The van der Waals surface area contributed by atoms with Gasteiger partial charge in [-0.1, -0.05) is 6.07 Å². The summed E-state index contributed by atoms with van der Waals surface area (Å²) in [5.74, 6) is 0. The SMILES string of the molecule is Cc1ccc2c(c1)NCN2CC(C)(C)N. The Bertz CT molecular complexity index is 366. The first-order chi connectivity index (χ1) is 6.96. The Labute approximate surface area is 91.3 Å². The number of nitrogens with one attached hydrogen (secondary N) is 1. The Kier molecular flexibility index (Phi) is 2.35. The van der Waals surface area contributed by atoms with Gasteiger partial charge in [-0.2, -0.15) is 0 Å². The Balaban J connectivity index is 2.22. The molecule has 0 spiro atoms. The largest absolute Gasteiger partial charge is 0.366 e. The van der Waals surface area contributed by atoms with Crippen molar-refractivity contribution in [3.63, 3.8) is 0 Å². The Morgan fingerprint density at radius 1 is 1.47 bits per heavy atom. The topological polar surface area (TPSA) is 41.3 Å². The van der Waals surface area contributed by atoms with Crippen molar-refractivity contribution in [3.05, 3.63) is 23.8 Å². The molecule has 3 nitrogen and oxygen atoms in total. The van der Waals surface area contributed by atoms with Gasteiger partial charge >= 0.3 is 0 Å². The van der Waals surface area contributed by atoms with Crippen molar-refractivity contribution < 1.29 is 0 Å². The minimum atomic E-state index is -0.159. The monoisotopic (exact) mass is 205 g/mol. The summed E-state index contributed by atoms with van der Waals surface area (Å²) in [4.78, 5) is 2.29. The van der Waals surface area contributed by atoms with Crippen LogP contribution in [0.5, 0.6) is 0 Å². The zero-order valence-electron chi connectivity index (χ0n) is 9.67. The van der Waals surface area contributed by atoms with Gasteiger partial charge in [-0.25, -0.2) is 0 Å². The van der Waals surface area contributed by atoms with Gasteiger partial charge in [0, 0.05) is 12.1 Å². The summed E-state index contributed by atoms with van der Waals surface area (Å²) < 4.78 is 0. The van der Waals surface area contributed by atoms with Gasteiger partial charge < -0.3 is 16.0 Å². The molecular weight excluding hydrogens is 186 g/mol. The van der Waals surface area contributed by atoms with E-state index in [0.29, 0.717) is 0 Å². The van der Waals surface area contributed by atoms with E-state index < -0.39 is 0 Å². The van der Waals surface area contributed by atoms with E-state index in [2.05, 4.69) is 49.2 Å². The maximum atomic E-state index is 6.03. The summed E-state index contributed by atoms with van der Waals surface area (Å²) >= 11 is 0. The molecule has 0 saturated heterocycles. The average molecular weight is 205 g/mol. The second kappa shape index (κ2) is 3.42. The molecular formula is C12H19N3. The van der Waals surface area contributed by atoms with E-state index in [-0.39, 0.29) is 5.54 Å². The highest BCUT2D eigenvalue weighted by molar-refractivity contribution is 5.75. The number of nitrogens with two attached hydrogens (primary N) is 1. The summed E-state index contributed by atoms with van der Waals surface area (Å²) in [7, 11) is 0. The molecule has 15 heavy (non-hydrogen) atoms. The maximum absolute atomic E-state index is 6.03. The van der Waals surface area contributed by atoms with E-state index in [1.165, 1.54) is 16.9 Å². The number of rotatable bonds is 2. The first-order valence-electron chi connectivity index (χ1n) is 5.34. The van der Waals surface area contributed by atoms with Gasteiger partial charge in [-0.05, 0) is 38.5 Å². The fraction of sp³-hybridized carbons (Fsp3) is 0.500. The molecule has 1 heterocycles. The van der Waals surface area contributed by atoms with Crippen LogP contribution < -0.4 is 16.0 Å². The van der Waals surface area contributed by atoms with Gasteiger partial charge in [-0.15, -0.1) is 0 Å². The number of nitrogens with zero attached hydrogens (tertiary/aromatic N) is 1. The second-order valence-electron chi connectivity index (χ2n) is 5.04. The summed E-state index contributed by atoms with van der Waals surface area (Å²) in [6.07, 6.45) is 0. The average Bonchev–Trinajstić information content (AvgIpc) is 2.45. The van der Waals surface area contributed by atoms with Crippen molar-refractivity contribution in [2.24, 2.45) is 5.73 Å². The highest BCUT2D eigenvalue weighted by Crippen LogP contribution is 2.32. The van der Waals surface area contributed by atoms with Crippen LogP contribution in [0.2, 0.25) is 0 Å². The van der Waals surface area contributed by atoms with Crippen LogP contribution in [0.4, 0.5) is 11.4 Å². The zero-order valence-corrected chi connectivity index (χ0v) is 9.67. The first-order valence-corrected chi connectivity index (χ1v) is 5.34. The molecule has 1 aromatic rings. The molecule has 0 atom stereocenters. The smallest absolute Gasteiger partial charge is 0.0878 e. The minimum absolute atomic E-state index is 0.159. The van der Waals surface area contributed by atoms with Crippen LogP contribution >= 0.6 is 0 Å². The molecule has 1 aromatic carbocycles. The molecule has 0 aromatic heterocycles. The van der Waals surface area contributed by atoms with Crippen LogP contribution in [0.1, 0.15) is 19.4 Å². The van der Waals surface area contributed by atoms with Crippen molar-refractivity contribution in [2.45, 2.75) is 26.3 Å². The van der Waals surface area contributed by atoms with Crippen LogP contribution in [-0.2, 0) is 0 Å². The number of hydrogen-bond acceptors (Lipinski definition) is 3. The van der Waals surface area contributed by atoms with E-state index in [9.17, 15) is 0 Å². The molecule has 0 unspecified atom stereocenters. The second-order valence-corrected chi connectivity index (χ2v) is 5.04. The third-order valence-corrected chi connectivity index (χ3v) is 2.55. The van der Waals surface area contributed by atoms with Gasteiger partial charge in [0.1, 0.15) is 0 Å². The van der Waals surface area contributed by atoms with E-state index in [4.69, 9.17) is 5.73 Å². The molecule has 0 saturated carbocycles. The van der Waals surface area contributed by atoms with Crippen molar-refractivity contribution in [2.75, 3.05) is 23.4 Å². The van der Waals surface area contributed by atoms with Crippen LogP contribution in [0, 0.1) is 6.92 Å². The van der Waals surface area contributed by atoms with E-state index in [0.717, 1.165) is 13.2 Å². The van der Waals surface area contributed by atoms with Crippen LogP contribution in [0.3, 0.4) is 0 Å². The molecule has 0 bridgehead atoms. The van der Waals surface area contributed by atoms with Gasteiger partial charge in [0.25, 0.3) is 0 Å². The predicted octanol–water partition coefficient (Wildman–Crippen LogP) is 1.92. The van der Waals surface area contributed by atoms with Crippen LogP contribution in [0.25, 0.3) is 0 Å². The number of aryl methyl sites for hydroxylation is 1. The molecule has 82 valence electrons. The molecule has 1 aliphatic heterocycles. The van der Waals surface area contributed by atoms with Crippen LogP contribution in [-0.4, -0.2) is 18.8 Å².